The molecule has 28 heavy (non-hydrogen) atoms. The maximum absolute atomic E-state index is 11.8. The van der Waals surface area contributed by atoms with Gasteiger partial charge >= 0.3 is 15.6 Å². The molecule has 2 heterocycles. The molecule has 0 spiro atoms. The number of hydrogen-bond acceptors (Lipinski definition) is 13. The molecule has 10 unspecified atom stereocenters. The molecule has 8 N–H and O–H groups in total. The Morgan fingerprint density at radius 1 is 0.786 bits per heavy atom. The molecule has 2 rings (SSSR count). The number of hydrogen-bond donors (Lipinski definition) is 8. The van der Waals surface area contributed by atoms with Crippen molar-refractivity contribution in [2.75, 3.05) is 19.8 Å². The Hall–Kier alpha value is -0.0600. The minimum atomic E-state index is -5.26. The van der Waals surface area contributed by atoms with E-state index in [-0.39, 0.29) is 6.61 Å². The Morgan fingerprint density at radius 3 is 1.82 bits per heavy atom. The summed E-state index contributed by atoms with van der Waals surface area (Å²) >= 11 is 0. The fraction of sp³-hybridized carbons (Fsp3) is 1.00. The zero-order valence-electron chi connectivity index (χ0n) is 14.1. The summed E-state index contributed by atoms with van der Waals surface area (Å²) in [7, 11) is -10.4. The van der Waals surface area contributed by atoms with Crippen molar-refractivity contribution in [1.82, 2.24) is 0 Å². The third-order valence-electron chi connectivity index (χ3n) is 3.95. The van der Waals surface area contributed by atoms with Crippen LogP contribution in [0, 0.1) is 0 Å². The van der Waals surface area contributed by atoms with Gasteiger partial charge in [-0.3, -0.25) is 9.05 Å². The highest BCUT2D eigenvalue weighted by atomic mass is 31.3. The minimum Gasteiger partial charge on any atom is -0.388 e. The van der Waals surface area contributed by atoms with Gasteiger partial charge in [-0.25, -0.2) is 9.13 Å². The number of aliphatic hydroxyl groups excluding tert-OH is 6. The van der Waals surface area contributed by atoms with E-state index in [4.69, 9.17) is 9.47 Å². The molecule has 2 aliphatic heterocycles. The van der Waals surface area contributed by atoms with E-state index in [0.717, 1.165) is 0 Å². The van der Waals surface area contributed by atoms with Crippen LogP contribution in [0.1, 0.15) is 0 Å². The van der Waals surface area contributed by atoms with Crippen LogP contribution in [0.5, 0.6) is 0 Å². The summed E-state index contributed by atoms with van der Waals surface area (Å²) < 4.78 is 45.9. The van der Waals surface area contributed by atoms with E-state index in [1.54, 1.807) is 0 Å². The highest BCUT2D eigenvalue weighted by Crippen LogP contribution is 2.60. The van der Waals surface area contributed by atoms with Gasteiger partial charge in [0.1, 0.15) is 42.7 Å². The SMILES string of the molecule is O=P(O)(OCC1OCC(O)C1O)OP(=O)(O)OCC1OC(O)C(O)C(O)C1O. The van der Waals surface area contributed by atoms with Crippen LogP contribution < -0.4 is 0 Å². The zero-order valence-corrected chi connectivity index (χ0v) is 15.9. The van der Waals surface area contributed by atoms with Gasteiger partial charge in [0.05, 0.1) is 19.8 Å². The highest BCUT2D eigenvalue weighted by Gasteiger charge is 2.45. The third kappa shape index (κ3) is 6.22. The molecule has 2 saturated heterocycles. The maximum Gasteiger partial charge on any atom is 0.481 e. The Bertz CT molecular complexity index is 617. The third-order valence-corrected chi connectivity index (χ3v) is 6.56. The van der Waals surface area contributed by atoms with E-state index in [9.17, 15) is 49.6 Å². The first-order valence-corrected chi connectivity index (χ1v) is 10.8. The number of rotatable bonds is 8. The van der Waals surface area contributed by atoms with Gasteiger partial charge in [0.15, 0.2) is 6.29 Å². The van der Waals surface area contributed by atoms with Crippen LogP contribution in [0.3, 0.4) is 0 Å². The monoisotopic (exact) mass is 456 g/mol. The topological polar surface area (TPSA) is 242 Å². The summed E-state index contributed by atoms with van der Waals surface area (Å²) in [6, 6.07) is 0. The Balaban J connectivity index is 1.84. The van der Waals surface area contributed by atoms with Gasteiger partial charge in [-0.15, -0.1) is 0 Å². The van der Waals surface area contributed by atoms with Crippen molar-refractivity contribution in [2.24, 2.45) is 0 Å². The molecule has 0 radical (unpaired) electrons. The van der Waals surface area contributed by atoms with Gasteiger partial charge in [-0.2, -0.15) is 4.31 Å². The van der Waals surface area contributed by atoms with Gasteiger partial charge in [0.2, 0.25) is 0 Å². The van der Waals surface area contributed by atoms with Crippen LogP contribution in [-0.4, -0.2) is 109 Å². The van der Waals surface area contributed by atoms with Crippen LogP contribution in [0.25, 0.3) is 0 Å². The summed E-state index contributed by atoms with van der Waals surface area (Å²) in [5, 5.41) is 56.6. The lowest BCUT2D eigenvalue weighted by Crippen LogP contribution is -2.58. The fourth-order valence-electron chi connectivity index (χ4n) is 2.40. The standard InChI is InChI=1S/C11H22O15P2/c12-4-1-22-5(7(4)13)2-23-27(18,19)26-28(20,21)24-3-6-8(14)9(15)10(16)11(17)25-6/h4-17H,1-3H2,(H,18,19)(H,20,21). The molecular formula is C11H22O15P2. The molecule has 2 fully saturated rings. The number of aliphatic hydroxyl groups is 6. The van der Waals surface area contributed by atoms with Crippen LogP contribution in [-0.2, 0) is 32.0 Å². The minimum absolute atomic E-state index is 0.247. The first-order chi connectivity index (χ1) is 12.8. The second kappa shape index (κ2) is 9.39. The quantitative estimate of drug-likeness (QED) is 0.163. The summed E-state index contributed by atoms with van der Waals surface area (Å²) in [4.78, 5) is 19.0. The van der Waals surface area contributed by atoms with Crippen molar-refractivity contribution < 1.29 is 72.4 Å². The van der Waals surface area contributed by atoms with Crippen molar-refractivity contribution in [3.63, 3.8) is 0 Å². The van der Waals surface area contributed by atoms with E-state index in [0.29, 0.717) is 0 Å². The molecule has 2 aliphatic rings. The van der Waals surface area contributed by atoms with Crippen molar-refractivity contribution in [3.8, 4) is 0 Å². The molecular weight excluding hydrogens is 434 g/mol. The van der Waals surface area contributed by atoms with Crippen LogP contribution in [0.15, 0.2) is 0 Å². The lowest BCUT2D eigenvalue weighted by molar-refractivity contribution is -0.285. The van der Waals surface area contributed by atoms with E-state index >= 15 is 0 Å². The van der Waals surface area contributed by atoms with E-state index < -0.39 is 77.9 Å². The van der Waals surface area contributed by atoms with Gasteiger partial charge in [0, 0.05) is 0 Å². The summed E-state index contributed by atoms with van der Waals surface area (Å²) in [6.45, 7) is -1.98. The van der Waals surface area contributed by atoms with E-state index in [1.165, 1.54) is 0 Å². The maximum atomic E-state index is 11.8. The van der Waals surface area contributed by atoms with E-state index in [1.807, 2.05) is 0 Å². The Labute approximate surface area is 157 Å². The van der Waals surface area contributed by atoms with E-state index in [2.05, 4.69) is 13.4 Å². The first kappa shape index (κ1) is 24.2. The zero-order chi connectivity index (χ0) is 21.3. The van der Waals surface area contributed by atoms with Gasteiger partial charge in [-0.05, 0) is 0 Å². The average molecular weight is 456 g/mol. The van der Waals surface area contributed by atoms with Crippen molar-refractivity contribution in [1.29, 1.82) is 0 Å². The van der Waals surface area contributed by atoms with Crippen molar-refractivity contribution >= 4 is 15.6 Å². The molecule has 10 atom stereocenters. The molecule has 0 aromatic heterocycles. The molecule has 17 heteroatoms. The Kier molecular flexibility index (Phi) is 8.12. The molecule has 15 nitrogen and oxygen atoms in total. The molecule has 0 bridgehead atoms. The molecule has 0 aromatic carbocycles. The van der Waals surface area contributed by atoms with Gasteiger partial charge < -0.3 is 49.9 Å². The van der Waals surface area contributed by atoms with Gasteiger partial charge in [0.25, 0.3) is 0 Å². The largest absolute Gasteiger partial charge is 0.481 e. The number of phosphoric ester groups is 2. The lowest BCUT2D eigenvalue weighted by atomic mass is 10.00. The Morgan fingerprint density at radius 2 is 1.32 bits per heavy atom. The fourth-order valence-corrected chi connectivity index (χ4v) is 4.49. The van der Waals surface area contributed by atoms with Crippen LogP contribution in [0.4, 0.5) is 0 Å². The van der Waals surface area contributed by atoms with Gasteiger partial charge in [-0.1, -0.05) is 0 Å². The van der Waals surface area contributed by atoms with Crippen LogP contribution in [0.2, 0.25) is 0 Å². The number of ether oxygens (including phenoxy) is 2. The molecule has 0 aliphatic carbocycles. The second-order valence-corrected chi connectivity index (χ2v) is 9.12. The molecule has 166 valence electrons. The number of phosphoric acid groups is 2. The van der Waals surface area contributed by atoms with Crippen LogP contribution >= 0.6 is 15.6 Å². The molecule has 0 saturated carbocycles. The molecule has 0 aromatic rings. The average Bonchev–Trinajstić information content (AvgIpc) is 2.91. The summed E-state index contributed by atoms with van der Waals surface area (Å²) in [5.41, 5.74) is 0. The normalized spacial score (nSPS) is 43.4. The smallest absolute Gasteiger partial charge is 0.388 e. The second-order valence-electron chi connectivity index (χ2n) is 6.08. The highest BCUT2D eigenvalue weighted by molar-refractivity contribution is 7.61. The van der Waals surface area contributed by atoms with Crippen molar-refractivity contribution in [3.05, 3.63) is 0 Å². The summed E-state index contributed by atoms with van der Waals surface area (Å²) in [6.07, 6.45) is -12.8. The predicted molar refractivity (Wildman–Crippen MR) is 83.3 cm³/mol. The predicted octanol–water partition coefficient (Wildman–Crippen LogP) is -3.84. The summed E-state index contributed by atoms with van der Waals surface area (Å²) in [5.74, 6) is 0. The first-order valence-electron chi connectivity index (χ1n) is 7.84. The lowest BCUT2D eigenvalue weighted by Gasteiger charge is -2.38. The molecule has 0 amide bonds. The van der Waals surface area contributed by atoms with Crippen molar-refractivity contribution in [2.45, 2.75) is 49.0 Å².